The van der Waals surface area contributed by atoms with Crippen molar-refractivity contribution in [1.82, 2.24) is 0 Å². The summed E-state index contributed by atoms with van der Waals surface area (Å²) in [7, 11) is -3.35. The van der Waals surface area contributed by atoms with Crippen molar-refractivity contribution in [2.45, 2.75) is 11.4 Å². The van der Waals surface area contributed by atoms with Gasteiger partial charge >= 0.3 is 0 Å². The number of benzene rings is 2. The second-order valence-corrected chi connectivity index (χ2v) is 7.41. The second-order valence-electron chi connectivity index (χ2n) is 4.45. The Morgan fingerprint density at radius 1 is 1.05 bits per heavy atom. The molecule has 0 aromatic heterocycles. The molecule has 0 fully saturated rings. The molecule has 0 saturated heterocycles. The van der Waals surface area contributed by atoms with Crippen LogP contribution < -0.4 is 10.5 Å². The molecular formula is C15H16BrNO3S. The van der Waals surface area contributed by atoms with Crippen LogP contribution in [0, 0.1) is 0 Å². The molecule has 0 radical (unpaired) electrons. The average molecular weight is 370 g/mol. The average Bonchev–Trinajstić information content (AvgIpc) is 2.49. The summed E-state index contributed by atoms with van der Waals surface area (Å²) in [6.07, 6.45) is 0. The van der Waals surface area contributed by atoms with E-state index in [4.69, 9.17) is 10.5 Å². The molecule has 112 valence electrons. The summed E-state index contributed by atoms with van der Waals surface area (Å²) >= 11 is 3.35. The number of rotatable bonds is 6. The van der Waals surface area contributed by atoms with Crippen LogP contribution in [0.2, 0.25) is 0 Å². The quantitative estimate of drug-likeness (QED) is 0.849. The highest BCUT2D eigenvalue weighted by Gasteiger charge is 2.14. The van der Waals surface area contributed by atoms with Gasteiger partial charge in [0.05, 0.1) is 15.1 Å². The van der Waals surface area contributed by atoms with Gasteiger partial charge in [0, 0.05) is 6.54 Å². The molecule has 0 aliphatic rings. The third kappa shape index (κ3) is 4.30. The van der Waals surface area contributed by atoms with Gasteiger partial charge in [0.1, 0.15) is 12.4 Å². The van der Waals surface area contributed by atoms with Crippen molar-refractivity contribution in [3.63, 3.8) is 0 Å². The summed E-state index contributed by atoms with van der Waals surface area (Å²) in [4.78, 5) is 0.287. The van der Waals surface area contributed by atoms with Crippen LogP contribution in [0.4, 0.5) is 0 Å². The van der Waals surface area contributed by atoms with Gasteiger partial charge in [0.2, 0.25) is 0 Å². The molecule has 0 atom stereocenters. The molecule has 21 heavy (non-hydrogen) atoms. The zero-order valence-electron chi connectivity index (χ0n) is 11.3. The Kier molecular flexibility index (Phi) is 5.39. The minimum absolute atomic E-state index is 0.0731. The largest absolute Gasteiger partial charge is 0.491 e. The minimum Gasteiger partial charge on any atom is -0.491 e. The third-order valence-electron chi connectivity index (χ3n) is 2.96. The van der Waals surface area contributed by atoms with Crippen LogP contribution in [0.1, 0.15) is 5.56 Å². The fraction of sp³-hybridized carbons (Fsp3) is 0.200. The van der Waals surface area contributed by atoms with Crippen molar-refractivity contribution >= 4 is 25.8 Å². The predicted molar refractivity (Wildman–Crippen MR) is 86.0 cm³/mol. The van der Waals surface area contributed by atoms with E-state index in [0.717, 1.165) is 10.0 Å². The first-order valence-electron chi connectivity index (χ1n) is 6.42. The van der Waals surface area contributed by atoms with Gasteiger partial charge in [0.25, 0.3) is 0 Å². The van der Waals surface area contributed by atoms with E-state index < -0.39 is 9.84 Å². The van der Waals surface area contributed by atoms with Crippen molar-refractivity contribution in [3.05, 3.63) is 58.6 Å². The number of halogens is 1. The summed E-state index contributed by atoms with van der Waals surface area (Å²) in [6.45, 7) is 0.495. The van der Waals surface area contributed by atoms with Gasteiger partial charge in [-0.15, -0.1) is 0 Å². The molecule has 0 saturated carbocycles. The topological polar surface area (TPSA) is 69.4 Å². The second kappa shape index (κ2) is 7.06. The number of sulfone groups is 1. The molecule has 2 rings (SSSR count). The maximum atomic E-state index is 12.2. The van der Waals surface area contributed by atoms with Crippen LogP contribution in [-0.4, -0.2) is 20.8 Å². The lowest BCUT2D eigenvalue weighted by molar-refractivity contribution is 0.339. The van der Waals surface area contributed by atoms with Crippen molar-refractivity contribution in [2.24, 2.45) is 5.73 Å². The lowest BCUT2D eigenvalue weighted by atomic mass is 10.2. The van der Waals surface area contributed by atoms with Crippen molar-refractivity contribution < 1.29 is 13.2 Å². The number of hydrogen-bond acceptors (Lipinski definition) is 4. The smallest absolute Gasteiger partial charge is 0.181 e. The highest BCUT2D eigenvalue weighted by molar-refractivity contribution is 9.10. The molecule has 2 N–H and O–H groups in total. The highest BCUT2D eigenvalue weighted by atomic mass is 79.9. The van der Waals surface area contributed by atoms with E-state index >= 15 is 0 Å². The van der Waals surface area contributed by atoms with Gasteiger partial charge < -0.3 is 10.5 Å². The van der Waals surface area contributed by atoms with E-state index in [1.807, 2.05) is 18.2 Å². The molecule has 0 aliphatic heterocycles. The number of para-hydroxylation sites is 1. The normalized spacial score (nSPS) is 11.3. The molecule has 0 bridgehead atoms. The van der Waals surface area contributed by atoms with E-state index in [2.05, 4.69) is 15.9 Å². The standard InChI is InChI=1S/C15H16BrNO3S/c16-14-3-1-2-4-15(14)20-9-10-21(18,19)13-7-5-12(11-17)6-8-13/h1-8H,9-11,17H2. The van der Waals surface area contributed by atoms with Gasteiger partial charge in [-0.1, -0.05) is 24.3 Å². The van der Waals surface area contributed by atoms with Crippen molar-refractivity contribution in [1.29, 1.82) is 0 Å². The first kappa shape index (κ1) is 16.0. The molecule has 0 heterocycles. The molecule has 2 aromatic carbocycles. The maximum absolute atomic E-state index is 12.2. The molecule has 0 amide bonds. The predicted octanol–water partition coefficient (Wildman–Crippen LogP) is 2.76. The first-order chi connectivity index (χ1) is 10.0. The van der Waals surface area contributed by atoms with E-state index in [9.17, 15) is 8.42 Å². The van der Waals surface area contributed by atoms with Crippen LogP contribution in [-0.2, 0) is 16.4 Å². The van der Waals surface area contributed by atoms with Gasteiger partial charge in [-0.3, -0.25) is 0 Å². The van der Waals surface area contributed by atoms with E-state index in [0.29, 0.717) is 12.3 Å². The summed E-state index contributed by atoms with van der Waals surface area (Å²) in [5, 5.41) is 0. The summed E-state index contributed by atoms with van der Waals surface area (Å²) in [5.74, 6) is 0.558. The van der Waals surface area contributed by atoms with Crippen LogP contribution in [0.5, 0.6) is 5.75 Å². The highest BCUT2D eigenvalue weighted by Crippen LogP contribution is 2.24. The number of nitrogens with two attached hydrogens (primary N) is 1. The molecule has 0 aliphatic carbocycles. The van der Waals surface area contributed by atoms with Crippen LogP contribution in [0.25, 0.3) is 0 Å². The van der Waals surface area contributed by atoms with E-state index in [-0.39, 0.29) is 17.3 Å². The monoisotopic (exact) mass is 369 g/mol. The molecule has 0 unspecified atom stereocenters. The lowest BCUT2D eigenvalue weighted by Crippen LogP contribution is -2.14. The third-order valence-corrected chi connectivity index (χ3v) is 5.31. The first-order valence-corrected chi connectivity index (χ1v) is 8.86. The Morgan fingerprint density at radius 2 is 1.71 bits per heavy atom. The Bertz CT molecular complexity index is 699. The number of hydrogen-bond donors (Lipinski definition) is 1. The Morgan fingerprint density at radius 3 is 2.33 bits per heavy atom. The van der Waals surface area contributed by atoms with Gasteiger partial charge in [-0.05, 0) is 45.8 Å². The van der Waals surface area contributed by atoms with Crippen LogP contribution >= 0.6 is 15.9 Å². The molecular weight excluding hydrogens is 354 g/mol. The molecule has 6 heteroatoms. The summed E-state index contributed by atoms with van der Waals surface area (Å²) < 4.78 is 30.7. The SMILES string of the molecule is NCc1ccc(S(=O)(=O)CCOc2ccccc2Br)cc1. The zero-order valence-corrected chi connectivity index (χ0v) is 13.7. The van der Waals surface area contributed by atoms with Gasteiger partial charge in [0.15, 0.2) is 9.84 Å². The summed E-state index contributed by atoms with van der Waals surface area (Å²) in [5.41, 5.74) is 6.40. The van der Waals surface area contributed by atoms with Crippen LogP contribution in [0.15, 0.2) is 57.9 Å². The Labute approximate surface area is 133 Å². The fourth-order valence-corrected chi connectivity index (χ4v) is 3.26. The van der Waals surface area contributed by atoms with Crippen molar-refractivity contribution in [2.75, 3.05) is 12.4 Å². The van der Waals surface area contributed by atoms with Gasteiger partial charge in [-0.2, -0.15) is 0 Å². The minimum atomic E-state index is -3.35. The lowest BCUT2D eigenvalue weighted by Gasteiger charge is -2.09. The maximum Gasteiger partial charge on any atom is 0.181 e. The fourth-order valence-electron chi connectivity index (χ4n) is 1.77. The van der Waals surface area contributed by atoms with Crippen molar-refractivity contribution in [3.8, 4) is 5.75 Å². The number of ether oxygens (including phenoxy) is 1. The molecule has 2 aromatic rings. The summed E-state index contributed by atoms with van der Waals surface area (Å²) in [6, 6.07) is 13.9. The Hall–Kier alpha value is -1.37. The molecule has 4 nitrogen and oxygen atoms in total. The molecule has 0 spiro atoms. The zero-order chi connectivity index (χ0) is 15.3. The van der Waals surface area contributed by atoms with Gasteiger partial charge in [-0.25, -0.2) is 8.42 Å². The van der Waals surface area contributed by atoms with E-state index in [1.54, 1.807) is 30.3 Å². The van der Waals surface area contributed by atoms with Crippen LogP contribution in [0.3, 0.4) is 0 Å². The Balaban J connectivity index is 1.99. The van der Waals surface area contributed by atoms with E-state index in [1.165, 1.54) is 0 Å².